The minimum absolute atomic E-state index is 0.0664. The van der Waals surface area contributed by atoms with Crippen LogP contribution in [-0.2, 0) is 15.0 Å². The summed E-state index contributed by atoms with van der Waals surface area (Å²) in [6.07, 6.45) is 4.67. The first-order chi connectivity index (χ1) is 8.32. The average Bonchev–Trinajstić information content (AvgIpc) is 2.28. The number of nitrogens with zero attached hydrogens (tertiary/aromatic N) is 1. The Morgan fingerprint density at radius 1 is 1.33 bits per heavy atom. The summed E-state index contributed by atoms with van der Waals surface area (Å²) < 4.78 is 24.3. The SMILES string of the molecule is NC(CCN(C1CCCCC1)S(N)(=O)=O)C(=O)O. The van der Waals surface area contributed by atoms with Gasteiger partial charge in [0.2, 0.25) is 0 Å². The van der Waals surface area contributed by atoms with Crippen LogP contribution in [0.25, 0.3) is 0 Å². The largest absolute Gasteiger partial charge is 0.480 e. The van der Waals surface area contributed by atoms with Gasteiger partial charge in [0.1, 0.15) is 6.04 Å². The number of hydrogen-bond acceptors (Lipinski definition) is 4. The molecule has 0 aromatic rings. The van der Waals surface area contributed by atoms with Gasteiger partial charge in [-0.1, -0.05) is 19.3 Å². The maximum absolute atomic E-state index is 11.5. The minimum Gasteiger partial charge on any atom is -0.480 e. The molecule has 0 aromatic heterocycles. The Balaban J connectivity index is 2.64. The van der Waals surface area contributed by atoms with Crippen LogP contribution in [0.15, 0.2) is 0 Å². The highest BCUT2D eigenvalue weighted by Crippen LogP contribution is 2.24. The van der Waals surface area contributed by atoms with Crippen molar-refractivity contribution in [3.05, 3.63) is 0 Å². The van der Waals surface area contributed by atoms with Crippen molar-refractivity contribution in [3.63, 3.8) is 0 Å². The Hall–Kier alpha value is -0.700. The van der Waals surface area contributed by atoms with Gasteiger partial charge in [-0.3, -0.25) is 4.79 Å². The Bertz CT molecular complexity index is 379. The maximum Gasteiger partial charge on any atom is 0.320 e. The number of carboxylic acids is 1. The molecule has 1 aliphatic rings. The molecule has 0 bridgehead atoms. The van der Waals surface area contributed by atoms with E-state index in [9.17, 15) is 13.2 Å². The second kappa shape index (κ2) is 6.46. The molecule has 0 aromatic carbocycles. The van der Waals surface area contributed by atoms with Crippen LogP contribution in [0.4, 0.5) is 0 Å². The second-order valence-corrected chi connectivity index (χ2v) is 6.18. The van der Waals surface area contributed by atoms with Gasteiger partial charge >= 0.3 is 5.97 Å². The van der Waals surface area contributed by atoms with Crippen molar-refractivity contribution in [2.24, 2.45) is 10.9 Å². The predicted octanol–water partition coefficient (Wildman–Crippen LogP) is -0.373. The molecule has 8 heteroatoms. The lowest BCUT2D eigenvalue weighted by atomic mass is 9.95. The molecule has 0 aliphatic heterocycles. The van der Waals surface area contributed by atoms with Crippen LogP contribution in [0, 0.1) is 0 Å². The van der Waals surface area contributed by atoms with Gasteiger partial charge in [0.15, 0.2) is 0 Å². The van der Waals surface area contributed by atoms with E-state index in [4.69, 9.17) is 16.0 Å². The fourth-order valence-electron chi connectivity index (χ4n) is 2.28. The Labute approximate surface area is 107 Å². The third kappa shape index (κ3) is 4.52. The van der Waals surface area contributed by atoms with Crippen LogP contribution in [0.5, 0.6) is 0 Å². The number of nitrogens with two attached hydrogens (primary N) is 2. The van der Waals surface area contributed by atoms with Gasteiger partial charge < -0.3 is 10.8 Å². The van der Waals surface area contributed by atoms with E-state index in [1.807, 2.05) is 0 Å². The molecule has 1 fully saturated rings. The molecule has 0 radical (unpaired) electrons. The molecule has 1 unspecified atom stereocenters. The zero-order valence-electron chi connectivity index (χ0n) is 10.3. The second-order valence-electron chi connectivity index (χ2n) is 4.68. The molecule has 0 heterocycles. The summed E-state index contributed by atoms with van der Waals surface area (Å²) in [6, 6.07) is -1.17. The first-order valence-electron chi connectivity index (χ1n) is 6.10. The first-order valence-corrected chi connectivity index (χ1v) is 7.60. The van der Waals surface area contributed by atoms with Gasteiger partial charge in [-0.05, 0) is 19.3 Å². The van der Waals surface area contributed by atoms with E-state index in [2.05, 4.69) is 0 Å². The monoisotopic (exact) mass is 279 g/mol. The van der Waals surface area contributed by atoms with E-state index in [-0.39, 0.29) is 19.0 Å². The van der Waals surface area contributed by atoms with Crippen LogP contribution < -0.4 is 10.9 Å². The lowest BCUT2D eigenvalue weighted by Gasteiger charge is -2.32. The normalized spacial score (nSPS) is 19.9. The predicted molar refractivity (Wildman–Crippen MR) is 66.9 cm³/mol. The highest BCUT2D eigenvalue weighted by atomic mass is 32.2. The lowest BCUT2D eigenvalue weighted by molar-refractivity contribution is -0.138. The van der Waals surface area contributed by atoms with Crippen LogP contribution in [0.1, 0.15) is 38.5 Å². The number of rotatable bonds is 6. The maximum atomic E-state index is 11.5. The highest BCUT2D eigenvalue weighted by Gasteiger charge is 2.29. The molecule has 1 saturated carbocycles. The first kappa shape index (κ1) is 15.4. The lowest BCUT2D eigenvalue weighted by Crippen LogP contribution is -2.47. The summed E-state index contributed by atoms with van der Waals surface area (Å²) in [5.74, 6) is -1.13. The molecule has 0 saturated heterocycles. The summed E-state index contributed by atoms with van der Waals surface area (Å²) >= 11 is 0. The molecule has 1 aliphatic carbocycles. The van der Waals surface area contributed by atoms with Crippen molar-refractivity contribution in [1.82, 2.24) is 4.31 Å². The smallest absolute Gasteiger partial charge is 0.320 e. The zero-order valence-corrected chi connectivity index (χ0v) is 11.1. The summed E-state index contributed by atoms with van der Waals surface area (Å²) in [5, 5.41) is 13.9. The molecular formula is C10H21N3O4S. The molecule has 0 amide bonds. The highest BCUT2D eigenvalue weighted by molar-refractivity contribution is 7.86. The Kier molecular flexibility index (Phi) is 5.51. The van der Waals surface area contributed by atoms with E-state index in [1.165, 1.54) is 4.31 Å². The average molecular weight is 279 g/mol. The van der Waals surface area contributed by atoms with Crippen molar-refractivity contribution >= 4 is 16.2 Å². The van der Waals surface area contributed by atoms with Gasteiger partial charge in [0.25, 0.3) is 10.2 Å². The van der Waals surface area contributed by atoms with Crippen molar-refractivity contribution in [2.75, 3.05) is 6.54 Å². The Morgan fingerprint density at radius 3 is 2.33 bits per heavy atom. The standard InChI is InChI=1S/C10H21N3O4S/c11-9(10(14)15)6-7-13(18(12,16)17)8-4-2-1-3-5-8/h8-9H,1-7,11H2,(H,14,15)(H2,12,16,17). The van der Waals surface area contributed by atoms with E-state index >= 15 is 0 Å². The molecule has 18 heavy (non-hydrogen) atoms. The fourth-order valence-corrected chi connectivity index (χ4v) is 3.26. The van der Waals surface area contributed by atoms with Crippen molar-refractivity contribution in [3.8, 4) is 0 Å². The van der Waals surface area contributed by atoms with Crippen molar-refractivity contribution in [1.29, 1.82) is 0 Å². The molecule has 0 spiro atoms. The van der Waals surface area contributed by atoms with Crippen molar-refractivity contribution < 1.29 is 18.3 Å². The zero-order chi connectivity index (χ0) is 13.8. The van der Waals surface area contributed by atoms with Gasteiger partial charge in [0, 0.05) is 12.6 Å². The van der Waals surface area contributed by atoms with E-state index < -0.39 is 22.2 Å². The molecule has 106 valence electrons. The molecular weight excluding hydrogens is 258 g/mol. The quantitative estimate of drug-likeness (QED) is 0.611. The van der Waals surface area contributed by atoms with Crippen molar-refractivity contribution in [2.45, 2.75) is 50.6 Å². The van der Waals surface area contributed by atoms with Crippen LogP contribution in [0.3, 0.4) is 0 Å². The third-order valence-electron chi connectivity index (χ3n) is 3.29. The number of hydrogen-bond donors (Lipinski definition) is 3. The minimum atomic E-state index is -3.80. The van der Waals surface area contributed by atoms with Gasteiger partial charge in [-0.15, -0.1) is 0 Å². The molecule has 1 rings (SSSR count). The van der Waals surface area contributed by atoms with E-state index in [0.717, 1.165) is 32.1 Å². The van der Waals surface area contributed by atoms with Crippen LogP contribution in [-0.4, -0.2) is 42.4 Å². The van der Waals surface area contributed by atoms with Crippen LogP contribution >= 0.6 is 0 Å². The molecule has 1 atom stereocenters. The number of carboxylic acid groups (broad SMARTS) is 1. The summed E-state index contributed by atoms with van der Waals surface area (Å²) in [6.45, 7) is 0.0664. The topological polar surface area (TPSA) is 127 Å². The van der Waals surface area contributed by atoms with Gasteiger partial charge in [-0.25, -0.2) is 5.14 Å². The Morgan fingerprint density at radius 2 is 1.89 bits per heavy atom. The van der Waals surface area contributed by atoms with Gasteiger partial charge in [0.05, 0.1) is 0 Å². The fraction of sp³-hybridized carbons (Fsp3) is 0.900. The van der Waals surface area contributed by atoms with E-state index in [1.54, 1.807) is 0 Å². The molecule has 5 N–H and O–H groups in total. The number of carbonyl (C=O) groups is 1. The summed E-state index contributed by atoms with van der Waals surface area (Å²) in [5.41, 5.74) is 5.38. The molecule has 7 nitrogen and oxygen atoms in total. The summed E-state index contributed by atoms with van der Waals surface area (Å²) in [7, 11) is -3.80. The summed E-state index contributed by atoms with van der Waals surface area (Å²) in [4.78, 5) is 10.6. The number of aliphatic carboxylic acids is 1. The van der Waals surface area contributed by atoms with Crippen LogP contribution in [0.2, 0.25) is 0 Å². The van der Waals surface area contributed by atoms with Gasteiger partial charge in [-0.2, -0.15) is 12.7 Å². The van der Waals surface area contributed by atoms with E-state index in [0.29, 0.717) is 0 Å². The third-order valence-corrected chi connectivity index (χ3v) is 4.42.